The highest BCUT2D eigenvalue weighted by Gasteiger charge is 2.27. The molecule has 8 heteroatoms. The number of para-hydroxylation sites is 2. The summed E-state index contributed by atoms with van der Waals surface area (Å²) in [7, 11) is 0. The first kappa shape index (κ1) is 14.3. The molecule has 2 aromatic carbocycles. The summed E-state index contributed by atoms with van der Waals surface area (Å²) in [6.07, 6.45) is 0. The largest absolute Gasteiger partial charge is 0.348 e. The third-order valence-electron chi connectivity index (χ3n) is 3.57. The highest BCUT2D eigenvalue weighted by atomic mass is 32.1. The van der Waals surface area contributed by atoms with Gasteiger partial charge in [0, 0.05) is 5.56 Å². The van der Waals surface area contributed by atoms with Gasteiger partial charge in [-0.2, -0.15) is 0 Å². The number of imidazole rings is 1. The Morgan fingerprint density at radius 1 is 1.12 bits per heavy atom. The fourth-order valence-corrected chi connectivity index (χ4v) is 3.53. The number of fused-ring (bicyclic) bond motifs is 3. The molecule has 7 nitrogen and oxygen atoms in total. The maximum atomic E-state index is 12.3. The van der Waals surface area contributed by atoms with Gasteiger partial charge in [-0.15, -0.1) is 0 Å². The number of nitro groups is 1. The van der Waals surface area contributed by atoms with Crippen molar-refractivity contribution in [3.8, 4) is 0 Å². The zero-order valence-electron chi connectivity index (χ0n) is 12.2. The van der Waals surface area contributed by atoms with Gasteiger partial charge < -0.3 is 5.32 Å². The molecule has 0 spiro atoms. The number of nitrogens with zero attached hydrogens (tertiary/aromatic N) is 3. The van der Waals surface area contributed by atoms with E-state index in [1.807, 2.05) is 18.2 Å². The first-order chi connectivity index (χ1) is 11.6. The number of hydrogen-bond donors (Lipinski definition) is 1. The molecule has 1 N–H and O–H groups in total. The van der Waals surface area contributed by atoms with Gasteiger partial charge in [0.2, 0.25) is 5.65 Å². The molecule has 0 bridgehead atoms. The molecule has 2 aromatic heterocycles. The molecule has 4 rings (SSSR count). The van der Waals surface area contributed by atoms with Crippen molar-refractivity contribution >= 4 is 44.8 Å². The predicted molar refractivity (Wildman–Crippen MR) is 91.6 cm³/mol. The van der Waals surface area contributed by atoms with Crippen molar-refractivity contribution in [2.24, 2.45) is 0 Å². The third-order valence-corrected chi connectivity index (χ3v) is 4.60. The molecule has 0 saturated carbocycles. The van der Waals surface area contributed by atoms with Gasteiger partial charge in [-0.1, -0.05) is 30.3 Å². The van der Waals surface area contributed by atoms with Crippen LogP contribution in [0.5, 0.6) is 0 Å². The molecule has 0 unspecified atom stereocenters. The van der Waals surface area contributed by atoms with E-state index in [2.05, 4.69) is 10.3 Å². The number of carbonyl (C=O) groups excluding carboxylic acids is 1. The van der Waals surface area contributed by atoms with Gasteiger partial charge in [-0.25, -0.2) is 8.77 Å². The lowest BCUT2D eigenvalue weighted by Gasteiger charge is -2.01. The zero-order chi connectivity index (χ0) is 16.7. The van der Waals surface area contributed by atoms with Crippen LogP contribution in [0, 0.1) is 10.1 Å². The summed E-state index contributed by atoms with van der Waals surface area (Å²) in [5.41, 5.74) is 1.91. The molecule has 0 fully saturated rings. The van der Waals surface area contributed by atoms with Gasteiger partial charge in [0.05, 0.1) is 16.0 Å². The van der Waals surface area contributed by atoms with E-state index in [9.17, 15) is 14.9 Å². The van der Waals surface area contributed by atoms with E-state index in [1.54, 1.807) is 40.2 Å². The van der Waals surface area contributed by atoms with Crippen molar-refractivity contribution in [2.75, 3.05) is 5.32 Å². The molecule has 0 aliphatic heterocycles. The highest BCUT2D eigenvalue weighted by molar-refractivity contribution is 7.12. The zero-order valence-corrected chi connectivity index (χ0v) is 13.0. The van der Waals surface area contributed by atoms with Crippen LogP contribution in [0.3, 0.4) is 0 Å². The molecule has 2 heterocycles. The molecular weight excluding hydrogens is 328 g/mol. The van der Waals surface area contributed by atoms with Gasteiger partial charge in [-0.05, 0) is 35.8 Å². The monoisotopic (exact) mass is 338 g/mol. The molecule has 0 aliphatic rings. The normalized spacial score (nSPS) is 11.0. The quantitative estimate of drug-likeness (QED) is 0.455. The van der Waals surface area contributed by atoms with Crippen LogP contribution in [-0.2, 0) is 0 Å². The van der Waals surface area contributed by atoms with E-state index in [1.165, 1.54) is 0 Å². The van der Waals surface area contributed by atoms with E-state index < -0.39 is 10.8 Å². The number of rotatable bonds is 3. The number of hydrogen-bond acceptors (Lipinski definition) is 5. The summed E-state index contributed by atoms with van der Waals surface area (Å²) in [5, 5.41) is 14.3. The van der Waals surface area contributed by atoms with Crippen molar-refractivity contribution in [1.29, 1.82) is 0 Å². The molecule has 0 atom stereocenters. The molecular formula is C16H10N4O3S. The molecule has 4 aromatic rings. The summed E-state index contributed by atoms with van der Waals surface area (Å²) in [5.74, 6) is -0.396. The average molecular weight is 338 g/mol. The second-order valence-corrected chi connectivity index (χ2v) is 6.02. The van der Waals surface area contributed by atoms with Crippen LogP contribution >= 0.6 is 11.5 Å². The molecule has 0 radical (unpaired) electrons. The van der Waals surface area contributed by atoms with Crippen LogP contribution in [0.4, 0.5) is 10.7 Å². The van der Waals surface area contributed by atoms with Crippen LogP contribution in [0.1, 0.15) is 10.4 Å². The fraction of sp³-hybridized carbons (Fsp3) is 0. The van der Waals surface area contributed by atoms with E-state index in [0.29, 0.717) is 11.1 Å². The first-order valence-electron chi connectivity index (χ1n) is 7.06. The summed E-state index contributed by atoms with van der Waals surface area (Å²) in [6.45, 7) is 0. The van der Waals surface area contributed by atoms with Gasteiger partial charge in [0.15, 0.2) is 5.00 Å². The SMILES string of the molecule is O=C(Nc1sn2c(nc3ccccc32)c1[N+](=O)[O-])c1ccccc1. The Morgan fingerprint density at radius 2 is 1.83 bits per heavy atom. The number of carbonyl (C=O) groups is 1. The Balaban J connectivity index is 1.84. The number of anilines is 1. The van der Waals surface area contributed by atoms with E-state index in [-0.39, 0.29) is 16.3 Å². The fourth-order valence-electron chi connectivity index (χ4n) is 2.49. The van der Waals surface area contributed by atoms with Gasteiger partial charge in [0.1, 0.15) is 0 Å². The minimum atomic E-state index is -0.516. The maximum Gasteiger partial charge on any atom is 0.348 e. The highest BCUT2D eigenvalue weighted by Crippen LogP contribution is 2.38. The van der Waals surface area contributed by atoms with Crippen molar-refractivity contribution in [1.82, 2.24) is 8.77 Å². The predicted octanol–water partition coefficient (Wildman–Crippen LogP) is 3.71. The van der Waals surface area contributed by atoms with Gasteiger partial charge in [0.25, 0.3) is 5.91 Å². The van der Waals surface area contributed by atoms with Crippen LogP contribution < -0.4 is 5.32 Å². The summed E-state index contributed by atoms with van der Waals surface area (Å²) < 4.78 is 1.66. The smallest absolute Gasteiger partial charge is 0.307 e. The van der Waals surface area contributed by atoms with Crippen molar-refractivity contribution < 1.29 is 9.72 Å². The number of aromatic nitrogens is 2. The third kappa shape index (κ3) is 2.20. The van der Waals surface area contributed by atoms with Crippen molar-refractivity contribution in [3.05, 3.63) is 70.3 Å². The van der Waals surface area contributed by atoms with E-state index in [0.717, 1.165) is 17.0 Å². The number of nitrogens with one attached hydrogen (secondary N) is 1. The lowest BCUT2D eigenvalue weighted by molar-refractivity contribution is -0.382. The number of amides is 1. The number of benzene rings is 2. The lowest BCUT2D eigenvalue weighted by atomic mass is 10.2. The Morgan fingerprint density at radius 3 is 2.58 bits per heavy atom. The summed E-state index contributed by atoms with van der Waals surface area (Å²) >= 11 is 1.09. The Kier molecular flexibility index (Phi) is 3.24. The average Bonchev–Trinajstić information content (AvgIpc) is 3.10. The van der Waals surface area contributed by atoms with E-state index >= 15 is 0 Å². The minimum Gasteiger partial charge on any atom is -0.307 e. The molecule has 1 amide bonds. The summed E-state index contributed by atoms with van der Waals surface area (Å²) in [4.78, 5) is 27.6. The molecule has 0 saturated heterocycles. The molecule has 118 valence electrons. The van der Waals surface area contributed by atoms with Gasteiger partial charge >= 0.3 is 5.69 Å². The summed E-state index contributed by atoms with van der Waals surface area (Å²) in [6, 6.07) is 15.8. The Labute approximate surface area is 139 Å². The van der Waals surface area contributed by atoms with Crippen molar-refractivity contribution in [2.45, 2.75) is 0 Å². The van der Waals surface area contributed by atoms with Crippen LogP contribution in [-0.4, -0.2) is 19.6 Å². The lowest BCUT2D eigenvalue weighted by Crippen LogP contribution is -2.11. The Bertz CT molecular complexity index is 1080. The van der Waals surface area contributed by atoms with Crippen LogP contribution in [0.25, 0.3) is 16.7 Å². The van der Waals surface area contributed by atoms with Crippen molar-refractivity contribution in [3.63, 3.8) is 0 Å². The minimum absolute atomic E-state index is 0.169. The van der Waals surface area contributed by atoms with E-state index in [4.69, 9.17) is 0 Å². The first-order valence-corrected chi connectivity index (χ1v) is 7.84. The maximum absolute atomic E-state index is 12.3. The van der Waals surface area contributed by atoms with Crippen LogP contribution in [0.15, 0.2) is 54.6 Å². The molecule has 24 heavy (non-hydrogen) atoms. The second-order valence-electron chi connectivity index (χ2n) is 5.06. The second kappa shape index (κ2) is 5.43. The Hall–Kier alpha value is -3.26. The topological polar surface area (TPSA) is 89.5 Å². The molecule has 0 aliphatic carbocycles. The van der Waals surface area contributed by atoms with Crippen LogP contribution in [0.2, 0.25) is 0 Å². The standard InChI is InChI=1S/C16H10N4O3S/c21-15(10-6-2-1-3-7-10)18-16-13(20(22)23)14-17-11-8-4-5-9-12(11)19(14)24-16/h1-9H,(H,18,21). The van der Waals surface area contributed by atoms with Gasteiger partial charge in [-0.3, -0.25) is 14.9 Å².